The largest absolute Gasteiger partial charge is 0.357 e. The third-order valence-electron chi connectivity index (χ3n) is 5.45. The maximum Gasteiger partial charge on any atom is 0.242 e. The Labute approximate surface area is 195 Å². The van der Waals surface area contributed by atoms with Crippen LogP contribution in [-0.2, 0) is 22.6 Å². The summed E-state index contributed by atoms with van der Waals surface area (Å²) < 4.78 is 0. The molecule has 3 rings (SSSR count). The van der Waals surface area contributed by atoms with Crippen molar-refractivity contribution < 1.29 is 9.59 Å². The fourth-order valence-electron chi connectivity index (χ4n) is 3.61. The predicted octanol–water partition coefficient (Wildman–Crippen LogP) is 4.86. The van der Waals surface area contributed by atoms with E-state index in [2.05, 4.69) is 5.32 Å². The summed E-state index contributed by atoms with van der Waals surface area (Å²) in [6.45, 7) is 2.45. The fraction of sp³-hybridized carbons (Fsp3) is 0.259. The van der Waals surface area contributed by atoms with Crippen molar-refractivity contribution in [2.75, 3.05) is 12.8 Å². The van der Waals surface area contributed by atoms with E-state index in [4.69, 9.17) is 0 Å². The lowest BCUT2D eigenvalue weighted by Crippen LogP contribution is -2.49. The Hall–Kier alpha value is -3.05. The molecular weight excluding hydrogens is 416 g/mol. The molecule has 0 heterocycles. The Kier molecular flexibility index (Phi) is 8.93. The van der Waals surface area contributed by atoms with E-state index in [1.807, 2.05) is 91.9 Å². The van der Waals surface area contributed by atoms with Crippen molar-refractivity contribution >= 4 is 23.6 Å². The van der Waals surface area contributed by atoms with Gasteiger partial charge in [0.05, 0.1) is 0 Å². The molecule has 1 atom stereocenters. The van der Waals surface area contributed by atoms with Crippen molar-refractivity contribution in [3.05, 3.63) is 102 Å². The molecule has 0 bridgehead atoms. The topological polar surface area (TPSA) is 49.4 Å². The average Bonchev–Trinajstić information content (AvgIpc) is 2.83. The Balaban J connectivity index is 1.82. The molecule has 0 saturated heterocycles. The van der Waals surface area contributed by atoms with Gasteiger partial charge in [-0.2, -0.15) is 0 Å². The van der Waals surface area contributed by atoms with Crippen LogP contribution < -0.4 is 5.32 Å². The summed E-state index contributed by atoms with van der Waals surface area (Å²) in [7, 11) is 1.63. The van der Waals surface area contributed by atoms with Gasteiger partial charge in [-0.3, -0.25) is 9.59 Å². The lowest BCUT2D eigenvalue weighted by Gasteiger charge is -2.31. The van der Waals surface area contributed by atoms with Gasteiger partial charge in [0.25, 0.3) is 0 Å². The number of nitrogens with one attached hydrogen (secondary N) is 1. The molecule has 0 spiro atoms. The number of nitrogens with zero attached hydrogens (tertiary/aromatic N) is 1. The minimum atomic E-state index is -0.573. The van der Waals surface area contributed by atoms with Crippen molar-refractivity contribution in [3.63, 3.8) is 0 Å². The van der Waals surface area contributed by atoms with Crippen LogP contribution in [0.5, 0.6) is 0 Å². The quantitative estimate of drug-likeness (QED) is 0.452. The smallest absolute Gasteiger partial charge is 0.242 e. The number of hydrogen-bond donors (Lipinski definition) is 1. The highest BCUT2D eigenvalue weighted by atomic mass is 32.2. The van der Waals surface area contributed by atoms with Gasteiger partial charge in [-0.1, -0.05) is 72.8 Å². The molecule has 32 heavy (non-hydrogen) atoms. The fourth-order valence-corrected chi connectivity index (χ4v) is 4.47. The van der Waals surface area contributed by atoms with Crippen molar-refractivity contribution in [3.8, 4) is 0 Å². The zero-order valence-electron chi connectivity index (χ0n) is 18.7. The average molecular weight is 447 g/mol. The van der Waals surface area contributed by atoms with Gasteiger partial charge in [0.1, 0.15) is 6.04 Å². The van der Waals surface area contributed by atoms with Crippen LogP contribution in [0.25, 0.3) is 0 Å². The molecular formula is C27H30N2O2S. The third-order valence-corrected chi connectivity index (χ3v) is 6.46. The van der Waals surface area contributed by atoms with Crippen LogP contribution in [0.4, 0.5) is 0 Å². The molecule has 0 aromatic heterocycles. The third kappa shape index (κ3) is 6.72. The number of likely N-dealkylation sites (N-methyl/N-ethyl adjacent to an activating group) is 1. The van der Waals surface area contributed by atoms with Crippen LogP contribution in [0.1, 0.15) is 23.1 Å². The van der Waals surface area contributed by atoms with E-state index < -0.39 is 6.04 Å². The first-order valence-corrected chi connectivity index (χ1v) is 11.8. The molecule has 2 amide bonds. The summed E-state index contributed by atoms with van der Waals surface area (Å²) in [5.74, 6) is 0.506. The van der Waals surface area contributed by atoms with Crippen molar-refractivity contribution in [1.82, 2.24) is 10.2 Å². The number of thioether (sulfide) groups is 1. The Morgan fingerprint density at radius 2 is 1.53 bits per heavy atom. The minimum Gasteiger partial charge on any atom is -0.357 e. The zero-order chi connectivity index (χ0) is 22.8. The van der Waals surface area contributed by atoms with E-state index in [1.54, 1.807) is 23.7 Å². The summed E-state index contributed by atoms with van der Waals surface area (Å²) in [5.41, 5.74) is 3.19. The summed E-state index contributed by atoms with van der Waals surface area (Å²) in [4.78, 5) is 29.2. The van der Waals surface area contributed by atoms with Crippen molar-refractivity contribution in [1.29, 1.82) is 0 Å². The Morgan fingerprint density at radius 1 is 0.906 bits per heavy atom. The van der Waals surface area contributed by atoms with Gasteiger partial charge >= 0.3 is 0 Å². The number of carbonyl (C=O) groups is 2. The summed E-state index contributed by atoms with van der Waals surface area (Å²) in [6, 6.07) is 27.4. The van der Waals surface area contributed by atoms with E-state index in [-0.39, 0.29) is 11.8 Å². The number of benzene rings is 3. The molecule has 0 aliphatic carbocycles. The lowest BCUT2D eigenvalue weighted by molar-refractivity contribution is -0.140. The second kappa shape index (κ2) is 12.1. The van der Waals surface area contributed by atoms with Crippen LogP contribution in [-0.4, -0.2) is 35.6 Å². The number of rotatable bonds is 10. The van der Waals surface area contributed by atoms with Gasteiger partial charge in [-0.25, -0.2) is 0 Å². The molecule has 0 unspecified atom stereocenters. The lowest BCUT2D eigenvalue weighted by atomic mass is 10.0. The molecule has 0 saturated carbocycles. The second-order valence-corrected chi connectivity index (χ2v) is 8.85. The number of aryl methyl sites for hydroxylation is 1. The maximum atomic E-state index is 13.4. The van der Waals surface area contributed by atoms with E-state index in [1.165, 1.54) is 0 Å². The summed E-state index contributed by atoms with van der Waals surface area (Å²) in [6.07, 6.45) is 0.845. The molecule has 3 aromatic carbocycles. The molecule has 3 aromatic rings. The van der Waals surface area contributed by atoms with Gasteiger partial charge in [0.2, 0.25) is 11.8 Å². The molecule has 1 N–H and O–H groups in total. The molecule has 166 valence electrons. The molecule has 0 fully saturated rings. The highest BCUT2D eigenvalue weighted by Crippen LogP contribution is 2.21. The van der Waals surface area contributed by atoms with E-state index in [9.17, 15) is 9.59 Å². The Morgan fingerprint density at radius 3 is 2.19 bits per heavy atom. The van der Waals surface area contributed by atoms with E-state index >= 15 is 0 Å². The van der Waals surface area contributed by atoms with Gasteiger partial charge in [0, 0.05) is 37.1 Å². The van der Waals surface area contributed by atoms with Crippen molar-refractivity contribution in [2.45, 2.75) is 37.2 Å². The van der Waals surface area contributed by atoms with Gasteiger partial charge in [0.15, 0.2) is 0 Å². The van der Waals surface area contributed by atoms with E-state index in [0.717, 1.165) is 21.6 Å². The summed E-state index contributed by atoms with van der Waals surface area (Å²) in [5, 5.41) is 2.76. The van der Waals surface area contributed by atoms with Crippen LogP contribution >= 0.6 is 11.8 Å². The van der Waals surface area contributed by atoms with Crippen LogP contribution in [0.15, 0.2) is 89.8 Å². The second-order valence-electron chi connectivity index (χ2n) is 7.68. The molecule has 0 radical (unpaired) electrons. The van der Waals surface area contributed by atoms with Crippen LogP contribution in [0.3, 0.4) is 0 Å². The minimum absolute atomic E-state index is 0.0128. The van der Waals surface area contributed by atoms with Gasteiger partial charge in [-0.05, 0) is 35.7 Å². The highest BCUT2D eigenvalue weighted by molar-refractivity contribution is 7.99. The highest BCUT2D eigenvalue weighted by Gasteiger charge is 2.29. The summed E-state index contributed by atoms with van der Waals surface area (Å²) >= 11 is 1.66. The molecule has 0 aliphatic rings. The van der Waals surface area contributed by atoms with Crippen LogP contribution in [0.2, 0.25) is 0 Å². The normalized spacial score (nSPS) is 11.6. The van der Waals surface area contributed by atoms with Crippen molar-refractivity contribution in [2.24, 2.45) is 0 Å². The molecule has 0 aliphatic heterocycles. The molecule has 4 nitrogen and oxygen atoms in total. The SMILES string of the molecule is CNC(=O)[C@H](Cc1ccccc1)N(Cc1ccccc1C)C(=O)CCSc1ccccc1. The number of amides is 2. The number of hydrogen-bond acceptors (Lipinski definition) is 3. The zero-order valence-corrected chi connectivity index (χ0v) is 19.5. The van der Waals surface area contributed by atoms with Crippen LogP contribution in [0, 0.1) is 6.92 Å². The van der Waals surface area contributed by atoms with Gasteiger partial charge in [-0.15, -0.1) is 11.8 Å². The van der Waals surface area contributed by atoms with Gasteiger partial charge < -0.3 is 10.2 Å². The first-order chi connectivity index (χ1) is 15.6. The number of carbonyl (C=O) groups excluding carboxylic acids is 2. The Bertz CT molecular complexity index is 1010. The predicted molar refractivity (Wildman–Crippen MR) is 132 cm³/mol. The van der Waals surface area contributed by atoms with E-state index in [0.29, 0.717) is 25.1 Å². The maximum absolute atomic E-state index is 13.4. The monoisotopic (exact) mass is 446 g/mol. The molecule has 5 heteroatoms. The first-order valence-electron chi connectivity index (χ1n) is 10.9. The first kappa shape index (κ1) is 23.6. The standard InChI is InChI=1S/C27H30N2O2S/c1-21-11-9-10-14-23(21)20-29(26(30)17-18-32-24-15-7-4-8-16-24)25(27(31)28-2)19-22-12-5-3-6-13-22/h3-16,25H,17-20H2,1-2H3,(H,28,31)/t25-/m0/s1.